The summed E-state index contributed by atoms with van der Waals surface area (Å²) < 4.78 is 18.7. The van der Waals surface area contributed by atoms with Crippen LogP contribution in [0.1, 0.15) is 31.2 Å². The summed E-state index contributed by atoms with van der Waals surface area (Å²) in [4.78, 5) is 17.0. The molecule has 132 valence electrons. The van der Waals surface area contributed by atoms with Crippen molar-refractivity contribution in [2.24, 2.45) is 5.92 Å². The van der Waals surface area contributed by atoms with E-state index in [0.717, 1.165) is 25.1 Å². The van der Waals surface area contributed by atoms with Crippen LogP contribution in [0.3, 0.4) is 0 Å². The maximum atomic E-state index is 13.7. The SMILES string of the molecule is COc1ccc(CCC(=O)N2CCC3C(CCCN3C)C2)cc1F. The summed E-state index contributed by atoms with van der Waals surface area (Å²) in [6.45, 7) is 2.91. The number of amides is 1. The van der Waals surface area contributed by atoms with Crippen molar-refractivity contribution >= 4 is 5.91 Å². The first-order chi connectivity index (χ1) is 11.6. The highest BCUT2D eigenvalue weighted by Gasteiger charge is 2.35. The van der Waals surface area contributed by atoms with Gasteiger partial charge in [-0.2, -0.15) is 0 Å². The molecule has 0 aliphatic carbocycles. The zero-order valence-corrected chi connectivity index (χ0v) is 14.6. The summed E-state index contributed by atoms with van der Waals surface area (Å²) in [6, 6.07) is 5.56. The Bertz CT molecular complexity index is 593. The second kappa shape index (κ2) is 7.51. The summed E-state index contributed by atoms with van der Waals surface area (Å²) in [5.41, 5.74) is 0.842. The van der Waals surface area contributed by atoms with Crippen LogP contribution < -0.4 is 4.74 Å². The van der Waals surface area contributed by atoms with E-state index in [4.69, 9.17) is 4.74 Å². The fourth-order valence-electron chi connectivity index (χ4n) is 4.15. The quantitative estimate of drug-likeness (QED) is 0.849. The van der Waals surface area contributed by atoms with E-state index in [2.05, 4.69) is 11.9 Å². The third kappa shape index (κ3) is 3.72. The van der Waals surface area contributed by atoms with Crippen molar-refractivity contribution in [3.8, 4) is 5.75 Å². The van der Waals surface area contributed by atoms with Gasteiger partial charge in [-0.15, -0.1) is 0 Å². The van der Waals surface area contributed by atoms with E-state index in [1.807, 2.05) is 11.0 Å². The minimum atomic E-state index is -0.367. The molecule has 0 radical (unpaired) electrons. The first-order valence-corrected chi connectivity index (χ1v) is 8.89. The maximum Gasteiger partial charge on any atom is 0.222 e. The largest absolute Gasteiger partial charge is 0.494 e. The molecule has 0 bridgehead atoms. The molecule has 1 aromatic rings. The van der Waals surface area contributed by atoms with Crippen LogP contribution in [0.4, 0.5) is 4.39 Å². The standard InChI is InChI=1S/C19H27FN2O2/c1-21-10-3-4-15-13-22(11-9-17(15)21)19(23)8-6-14-5-7-18(24-2)16(20)12-14/h5,7,12,15,17H,3-4,6,8-11,13H2,1-2H3. The van der Waals surface area contributed by atoms with Crippen molar-refractivity contribution in [3.63, 3.8) is 0 Å². The van der Waals surface area contributed by atoms with Crippen molar-refractivity contribution in [3.05, 3.63) is 29.6 Å². The molecule has 3 rings (SSSR count). The minimum Gasteiger partial charge on any atom is -0.494 e. The molecule has 0 N–H and O–H groups in total. The van der Waals surface area contributed by atoms with Crippen LogP contribution in [-0.2, 0) is 11.2 Å². The van der Waals surface area contributed by atoms with Gasteiger partial charge in [0.05, 0.1) is 7.11 Å². The van der Waals surface area contributed by atoms with Crippen LogP contribution in [0.5, 0.6) is 5.75 Å². The molecular weight excluding hydrogens is 307 g/mol. The minimum absolute atomic E-state index is 0.193. The summed E-state index contributed by atoms with van der Waals surface area (Å²) in [5, 5.41) is 0. The van der Waals surface area contributed by atoms with Gasteiger partial charge in [-0.3, -0.25) is 4.79 Å². The van der Waals surface area contributed by atoms with Gasteiger partial charge in [0.2, 0.25) is 5.91 Å². The zero-order chi connectivity index (χ0) is 17.1. The van der Waals surface area contributed by atoms with Crippen molar-refractivity contribution in [1.29, 1.82) is 0 Å². The lowest BCUT2D eigenvalue weighted by atomic mass is 9.84. The number of rotatable bonds is 4. The van der Waals surface area contributed by atoms with E-state index in [9.17, 15) is 9.18 Å². The normalized spacial score (nSPS) is 24.5. The average Bonchev–Trinajstić information content (AvgIpc) is 2.59. The first-order valence-electron chi connectivity index (χ1n) is 8.89. The molecule has 24 heavy (non-hydrogen) atoms. The Hall–Kier alpha value is -1.62. The first kappa shape index (κ1) is 17.2. The zero-order valence-electron chi connectivity index (χ0n) is 14.6. The summed E-state index contributed by atoms with van der Waals surface area (Å²) in [5.74, 6) is 0.680. The molecule has 2 heterocycles. The number of likely N-dealkylation sites (tertiary alicyclic amines) is 2. The van der Waals surface area contributed by atoms with Crippen LogP contribution in [0.15, 0.2) is 18.2 Å². The molecule has 2 unspecified atom stereocenters. The molecule has 0 aromatic heterocycles. The summed E-state index contributed by atoms with van der Waals surface area (Å²) in [7, 11) is 3.65. The van der Waals surface area contributed by atoms with Crippen LogP contribution >= 0.6 is 0 Å². The van der Waals surface area contributed by atoms with E-state index in [1.165, 1.54) is 32.6 Å². The van der Waals surface area contributed by atoms with E-state index in [1.54, 1.807) is 6.07 Å². The highest BCUT2D eigenvalue weighted by Crippen LogP contribution is 2.30. The van der Waals surface area contributed by atoms with Crippen molar-refractivity contribution in [2.45, 2.75) is 38.1 Å². The second-order valence-electron chi connectivity index (χ2n) is 7.05. The Labute approximate surface area is 143 Å². The molecule has 1 aromatic carbocycles. The van der Waals surface area contributed by atoms with Crippen molar-refractivity contribution in [1.82, 2.24) is 9.80 Å². The highest BCUT2D eigenvalue weighted by atomic mass is 19.1. The number of piperidine rings is 2. The molecule has 2 atom stereocenters. The fourth-order valence-corrected chi connectivity index (χ4v) is 4.15. The molecule has 1 amide bonds. The fraction of sp³-hybridized carbons (Fsp3) is 0.632. The van der Waals surface area contributed by atoms with Gasteiger partial charge in [0.25, 0.3) is 0 Å². The number of benzene rings is 1. The van der Waals surface area contributed by atoms with Gasteiger partial charge < -0.3 is 14.5 Å². The van der Waals surface area contributed by atoms with Gasteiger partial charge in [0.15, 0.2) is 11.6 Å². The number of ether oxygens (including phenoxy) is 1. The molecule has 2 fully saturated rings. The van der Waals surface area contributed by atoms with E-state index in [-0.39, 0.29) is 17.5 Å². The number of methoxy groups -OCH3 is 1. The molecule has 4 nitrogen and oxygen atoms in total. The molecule has 5 heteroatoms. The monoisotopic (exact) mass is 334 g/mol. The van der Waals surface area contributed by atoms with Crippen LogP contribution in [0.25, 0.3) is 0 Å². The molecule has 0 spiro atoms. The third-order valence-corrected chi connectivity index (χ3v) is 5.54. The van der Waals surface area contributed by atoms with Crippen molar-refractivity contribution < 1.29 is 13.9 Å². The predicted octanol–water partition coefficient (Wildman–Crippen LogP) is 2.71. The second-order valence-corrected chi connectivity index (χ2v) is 7.05. The van der Waals surface area contributed by atoms with Gasteiger partial charge in [-0.25, -0.2) is 4.39 Å². The summed E-state index contributed by atoms with van der Waals surface area (Å²) in [6.07, 6.45) is 4.54. The lowest BCUT2D eigenvalue weighted by Crippen LogP contribution is -2.53. The Morgan fingerprint density at radius 1 is 1.33 bits per heavy atom. The Kier molecular flexibility index (Phi) is 5.39. The van der Waals surface area contributed by atoms with Gasteiger partial charge in [-0.05, 0) is 62.9 Å². The number of carbonyl (C=O) groups excluding carboxylic acids is 1. The van der Waals surface area contributed by atoms with Crippen LogP contribution in [-0.4, -0.2) is 55.5 Å². The number of hydrogen-bond acceptors (Lipinski definition) is 3. The highest BCUT2D eigenvalue weighted by molar-refractivity contribution is 5.76. The summed E-state index contributed by atoms with van der Waals surface area (Å²) >= 11 is 0. The van der Waals surface area contributed by atoms with Crippen LogP contribution in [0.2, 0.25) is 0 Å². The lowest BCUT2D eigenvalue weighted by molar-refractivity contribution is -0.134. The number of fused-ring (bicyclic) bond motifs is 1. The van der Waals surface area contributed by atoms with Gasteiger partial charge in [-0.1, -0.05) is 6.07 Å². The van der Waals surface area contributed by atoms with Gasteiger partial charge in [0.1, 0.15) is 0 Å². The molecular formula is C19H27FN2O2. The average molecular weight is 334 g/mol. The van der Waals surface area contributed by atoms with Crippen molar-refractivity contribution in [2.75, 3.05) is 33.8 Å². The Balaban J connectivity index is 1.53. The Morgan fingerprint density at radius 3 is 2.92 bits per heavy atom. The molecule has 0 saturated carbocycles. The molecule has 2 saturated heterocycles. The smallest absolute Gasteiger partial charge is 0.222 e. The van der Waals surface area contributed by atoms with Gasteiger partial charge >= 0.3 is 0 Å². The number of halogens is 1. The lowest BCUT2D eigenvalue weighted by Gasteiger charge is -2.46. The van der Waals surface area contributed by atoms with E-state index in [0.29, 0.717) is 24.8 Å². The third-order valence-electron chi connectivity index (χ3n) is 5.54. The molecule has 2 aliphatic heterocycles. The predicted molar refractivity (Wildman–Crippen MR) is 91.6 cm³/mol. The number of nitrogens with zero attached hydrogens (tertiary/aromatic N) is 2. The van der Waals surface area contributed by atoms with Crippen LogP contribution in [0, 0.1) is 11.7 Å². The maximum absolute atomic E-state index is 13.7. The molecule has 2 aliphatic rings. The Morgan fingerprint density at radius 2 is 2.17 bits per heavy atom. The number of carbonyl (C=O) groups is 1. The van der Waals surface area contributed by atoms with E-state index >= 15 is 0 Å². The van der Waals surface area contributed by atoms with E-state index < -0.39 is 0 Å². The van der Waals surface area contributed by atoms with Gasteiger partial charge in [0, 0.05) is 25.6 Å². The number of aryl methyl sites for hydroxylation is 1. The number of hydrogen-bond donors (Lipinski definition) is 0. The topological polar surface area (TPSA) is 32.8 Å².